The third-order valence-corrected chi connectivity index (χ3v) is 6.46. The summed E-state index contributed by atoms with van der Waals surface area (Å²) in [7, 11) is 0. The number of anilines is 1. The molecule has 2 aliphatic rings. The van der Waals surface area contributed by atoms with Gasteiger partial charge in [-0.15, -0.1) is 5.10 Å². The Bertz CT molecular complexity index is 1050. The number of carbonyl (C=O) groups is 2. The second-order valence-electron chi connectivity index (χ2n) is 9.05. The predicted molar refractivity (Wildman–Crippen MR) is 129 cm³/mol. The van der Waals surface area contributed by atoms with Crippen LogP contribution < -0.4 is 10.5 Å². The molecule has 0 aliphatic carbocycles. The topological polar surface area (TPSA) is 88.0 Å². The van der Waals surface area contributed by atoms with Crippen LogP contribution in [0.15, 0.2) is 41.2 Å². The number of ether oxygens (including phenoxy) is 1. The molecule has 2 aliphatic heterocycles. The van der Waals surface area contributed by atoms with E-state index >= 15 is 0 Å². The van der Waals surface area contributed by atoms with Gasteiger partial charge in [0.1, 0.15) is 5.82 Å². The standard InChI is InChI=1S/C25H33N5O4/c1-19(2)20-3-5-21(6-4-20)30-25(33)8-7-22(26-30)27-11-13-28(14-12-27)23(31)9-10-24(32)29-15-17-34-18-16-29/h3-8,19H,9-18H2,1-2H3. The van der Waals surface area contributed by atoms with E-state index in [1.807, 2.05) is 29.2 Å². The second-order valence-corrected chi connectivity index (χ2v) is 9.05. The molecule has 0 atom stereocenters. The van der Waals surface area contributed by atoms with Crippen molar-refractivity contribution in [3.8, 4) is 5.69 Å². The van der Waals surface area contributed by atoms with Crippen LogP contribution in [0, 0.1) is 0 Å². The minimum absolute atomic E-state index is 0.00410. The SMILES string of the molecule is CC(C)c1ccc(-n2nc(N3CCN(C(=O)CCC(=O)N4CCOCC4)CC3)ccc2=O)cc1. The van der Waals surface area contributed by atoms with Crippen molar-refractivity contribution in [1.82, 2.24) is 19.6 Å². The minimum Gasteiger partial charge on any atom is -0.378 e. The smallest absolute Gasteiger partial charge is 0.271 e. The second kappa shape index (κ2) is 10.8. The summed E-state index contributed by atoms with van der Waals surface area (Å²) in [5, 5.41) is 4.59. The van der Waals surface area contributed by atoms with Gasteiger partial charge >= 0.3 is 0 Å². The zero-order chi connectivity index (χ0) is 24.1. The molecule has 0 bridgehead atoms. The molecule has 9 nitrogen and oxygen atoms in total. The molecule has 1 aromatic carbocycles. The number of hydrogen-bond acceptors (Lipinski definition) is 6. The highest BCUT2D eigenvalue weighted by Gasteiger charge is 2.24. The van der Waals surface area contributed by atoms with Gasteiger partial charge in [0, 0.05) is 58.2 Å². The zero-order valence-corrected chi connectivity index (χ0v) is 20.0. The van der Waals surface area contributed by atoms with E-state index in [1.54, 1.807) is 11.0 Å². The van der Waals surface area contributed by atoms with Crippen LogP contribution in [0.3, 0.4) is 0 Å². The lowest BCUT2D eigenvalue weighted by Crippen LogP contribution is -2.49. The highest BCUT2D eigenvalue weighted by atomic mass is 16.5. The molecule has 3 heterocycles. The third kappa shape index (κ3) is 5.64. The fourth-order valence-corrected chi connectivity index (χ4v) is 4.28. The Balaban J connectivity index is 1.33. The van der Waals surface area contributed by atoms with Crippen molar-refractivity contribution >= 4 is 17.6 Å². The molecule has 0 radical (unpaired) electrons. The van der Waals surface area contributed by atoms with Gasteiger partial charge in [0.15, 0.2) is 0 Å². The summed E-state index contributed by atoms with van der Waals surface area (Å²) in [4.78, 5) is 43.1. The van der Waals surface area contributed by atoms with Gasteiger partial charge < -0.3 is 19.4 Å². The third-order valence-electron chi connectivity index (χ3n) is 6.46. The highest BCUT2D eigenvalue weighted by Crippen LogP contribution is 2.18. The number of hydrogen-bond donors (Lipinski definition) is 0. The van der Waals surface area contributed by atoms with Crippen molar-refractivity contribution in [3.05, 3.63) is 52.3 Å². The maximum atomic E-state index is 12.6. The Morgan fingerprint density at radius 2 is 1.44 bits per heavy atom. The normalized spacial score (nSPS) is 16.7. The molecule has 2 saturated heterocycles. The molecule has 0 saturated carbocycles. The molecule has 0 N–H and O–H groups in total. The summed E-state index contributed by atoms with van der Waals surface area (Å²) in [6, 6.07) is 11.2. The lowest BCUT2D eigenvalue weighted by Gasteiger charge is -2.35. The molecule has 2 fully saturated rings. The van der Waals surface area contributed by atoms with Crippen molar-refractivity contribution in [3.63, 3.8) is 0 Å². The van der Waals surface area contributed by atoms with E-state index in [0.717, 1.165) is 5.69 Å². The summed E-state index contributed by atoms with van der Waals surface area (Å²) in [6.45, 7) is 8.97. The Hall–Kier alpha value is -3.20. The van der Waals surface area contributed by atoms with Crippen molar-refractivity contribution in [2.24, 2.45) is 0 Å². The maximum Gasteiger partial charge on any atom is 0.271 e. The summed E-state index contributed by atoms with van der Waals surface area (Å²) >= 11 is 0. The Morgan fingerprint density at radius 3 is 2.03 bits per heavy atom. The Morgan fingerprint density at radius 1 is 0.853 bits per heavy atom. The number of amides is 2. The number of piperazine rings is 1. The van der Waals surface area contributed by atoms with E-state index in [2.05, 4.69) is 23.8 Å². The van der Waals surface area contributed by atoms with Crippen LogP contribution in [-0.2, 0) is 14.3 Å². The van der Waals surface area contributed by atoms with E-state index in [0.29, 0.717) is 64.2 Å². The molecule has 9 heteroatoms. The molecule has 2 amide bonds. The van der Waals surface area contributed by atoms with Gasteiger partial charge in [0.05, 0.1) is 18.9 Å². The Labute approximate surface area is 199 Å². The minimum atomic E-state index is -0.181. The number of morpholine rings is 1. The van der Waals surface area contributed by atoms with Crippen LogP contribution in [-0.4, -0.2) is 83.9 Å². The lowest BCUT2D eigenvalue weighted by molar-refractivity contribution is -0.139. The van der Waals surface area contributed by atoms with Crippen molar-refractivity contribution in [2.75, 3.05) is 57.4 Å². The fraction of sp³-hybridized carbons (Fsp3) is 0.520. The predicted octanol–water partition coefficient (Wildman–Crippen LogP) is 1.64. The summed E-state index contributed by atoms with van der Waals surface area (Å²) in [5.41, 5.74) is 1.76. The lowest BCUT2D eigenvalue weighted by atomic mass is 10.0. The Kier molecular flexibility index (Phi) is 7.62. The number of rotatable bonds is 6. The molecule has 1 aromatic heterocycles. The van der Waals surface area contributed by atoms with Gasteiger partial charge in [0.2, 0.25) is 11.8 Å². The van der Waals surface area contributed by atoms with E-state index < -0.39 is 0 Å². The molecule has 0 unspecified atom stereocenters. The first kappa shape index (κ1) is 23.9. The highest BCUT2D eigenvalue weighted by molar-refractivity contribution is 5.84. The molecule has 182 valence electrons. The number of aromatic nitrogens is 2. The molecule has 0 spiro atoms. The molecule has 34 heavy (non-hydrogen) atoms. The van der Waals surface area contributed by atoms with Crippen LogP contribution in [0.25, 0.3) is 5.69 Å². The number of benzene rings is 1. The van der Waals surface area contributed by atoms with Gasteiger partial charge in [-0.2, -0.15) is 4.68 Å². The van der Waals surface area contributed by atoms with Gasteiger partial charge in [-0.25, -0.2) is 0 Å². The first-order chi connectivity index (χ1) is 16.4. The zero-order valence-electron chi connectivity index (χ0n) is 20.0. The van der Waals surface area contributed by atoms with Crippen molar-refractivity contribution < 1.29 is 14.3 Å². The number of carbonyl (C=O) groups excluding carboxylic acids is 2. The average Bonchev–Trinajstić information content (AvgIpc) is 2.88. The first-order valence-corrected chi connectivity index (χ1v) is 12.0. The van der Waals surface area contributed by atoms with Crippen LogP contribution >= 0.6 is 0 Å². The van der Waals surface area contributed by atoms with Crippen molar-refractivity contribution in [1.29, 1.82) is 0 Å². The van der Waals surface area contributed by atoms with E-state index in [9.17, 15) is 14.4 Å². The monoisotopic (exact) mass is 467 g/mol. The largest absolute Gasteiger partial charge is 0.378 e. The van der Waals surface area contributed by atoms with E-state index in [-0.39, 0.29) is 30.2 Å². The number of nitrogens with zero attached hydrogens (tertiary/aromatic N) is 5. The van der Waals surface area contributed by atoms with Gasteiger partial charge in [-0.1, -0.05) is 26.0 Å². The summed E-state index contributed by atoms with van der Waals surface area (Å²) in [5.74, 6) is 1.15. The van der Waals surface area contributed by atoms with E-state index in [1.165, 1.54) is 16.3 Å². The molecular formula is C25H33N5O4. The molecule has 2 aromatic rings. The van der Waals surface area contributed by atoms with Crippen LogP contribution in [0.1, 0.15) is 38.2 Å². The van der Waals surface area contributed by atoms with Crippen LogP contribution in [0.2, 0.25) is 0 Å². The summed E-state index contributed by atoms with van der Waals surface area (Å²) < 4.78 is 6.70. The average molecular weight is 468 g/mol. The quantitative estimate of drug-likeness (QED) is 0.642. The maximum absolute atomic E-state index is 12.6. The fourth-order valence-electron chi connectivity index (χ4n) is 4.28. The molecular weight excluding hydrogens is 434 g/mol. The van der Waals surface area contributed by atoms with Crippen LogP contribution in [0.4, 0.5) is 5.82 Å². The van der Waals surface area contributed by atoms with Crippen molar-refractivity contribution in [2.45, 2.75) is 32.6 Å². The van der Waals surface area contributed by atoms with Gasteiger partial charge in [-0.05, 0) is 29.7 Å². The first-order valence-electron chi connectivity index (χ1n) is 12.0. The van der Waals surface area contributed by atoms with Gasteiger partial charge in [0.25, 0.3) is 5.56 Å². The molecule has 4 rings (SSSR count). The van der Waals surface area contributed by atoms with E-state index in [4.69, 9.17) is 4.74 Å². The van der Waals surface area contributed by atoms with Crippen LogP contribution in [0.5, 0.6) is 0 Å². The summed E-state index contributed by atoms with van der Waals surface area (Å²) in [6.07, 6.45) is 0.465. The van der Waals surface area contributed by atoms with Gasteiger partial charge in [-0.3, -0.25) is 14.4 Å².